The molecule has 3 N–H and O–H groups in total. The number of nitrogens with two attached hydrogens (primary N) is 1. The third kappa shape index (κ3) is 3.38. The molecule has 3 aromatic rings. The van der Waals surface area contributed by atoms with Crippen molar-refractivity contribution in [1.29, 1.82) is 0 Å². The fraction of sp³-hybridized carbons (Fsp3) is 0.409. The summed E-state index contributed by atoms with van der Waals surface area (Å²) in [5, 5.41) is 14.3. The van der Waals surface area contributed by atoms with Crippen LogP contribution in [-0.2, 0) is 11.0 Å². The van der Waals surface area contributed by atoms with Crippen molar-refractivity contribution in [2.45, 2.75) is 30.8 Å². The molecule has 4 heterocycles. The number of likely N-dealkylation sites (tertiary alicyclic amines) is 1. The molecule has 0 amide bonds. The number of piperidine rings is 1. The van der Waals surface area contributed by atoms with E-state index in [0.717, 1.165) is 43.7 Å². The summed E-state index contributed by atoms with van der Waals surface area (Å²) in [4.78, 5) is 17.3. The minimum Gasteiger partial charge on any atom is -0.378 e. The number of halogens is 1. The van der Waals surface area contributed by atoms with Crippen LogP contribution in [0.3, 0.4) is 0 Å². The Bertz CT molecular complexity index is 1110. The molecule has 7 nitrogen and oxygen atoms in total. The number of aromatic nitrogens is 3. The smallest absolute Gasteiger partial charge is 0.222 e. The maximum atomic E-state index is 11.3. The largest absolute Gasteiger partial charge is 0.378 e. The van der Waals surface area contributed by atoms with Crippen LogP contribution in [0.5, 0.6) is 0 Å². The summed E-state index contributed by atoms with van der Waals surface area (Å²) in [5.41, 5.74) is 7.80. The van der Waals surface area contributed by atoms with Crippen LogP contribution in [0.2, 0.25) is 5.02 Å². The fourth-order valence-corrected chi connectivity index (χ4v) is 5.70. The lowest BCUT2D eigenvalue weighted by molar-refractivity contribution is 0.102. The van der Waals surface area contributed by atoms with Crippen LogP contribution >= 0.6 is 22.9 Å². The van der Waals surface area contributed by atoms with Gasteiger partial charge in [-0.25, -0.2) is 9.97 Å². The van der Waals surface area contributed by atoms with E-state index in [1.807, 2.05) is 11.4 Å². The first kappa shape index (κ1) is 20.6. The van der Waals surface area contributed by atoms with Crippen LogP contribution in [0.1, 0.15) is 35.9 Å². The second-order valence-corrected chi connectivity index (χ2v) is 10.0. The number of nitrogen functional groups attached to an aromatic ring is 1. The molecular weight excluding hydrogens is 432 g/mol. The summed E-state index contributed by atoms with van der Waals surface area (Å²) in [6, 6.07) is 6.24. The lowest BCUT2D eigenvalue weighted by atomic mass is 9.74. The van der Waals surface area contributed by atoms with Crippen molar-refractivity contribution in [3.8, 4) is 0 Å². The standard InChI is InChI=1S/C22H25ClN6OS/c1-21(30,19-25-7-10-31-19)14-3-4-15-17(11-14)29(18-16(23)12-26-20(24)27-18)13-22(15)5-8-28(2)9-6-22/h3-4,7,10-12,30H,5-6,8-9,13H2,1-2H3,(H2,24,26,27). The van der Waals surface area contributed by atoms with Gasteiger partial charge in [-0.2, -0.15) is 4.98 Å². The molecule has 162 valence electrons. The van der Waals surface area contributed by atoms with Gasteiger partial charge in [-0.3, -0.25) is 0 Å². The molecule has 0 radical (unpaired) electrons. The second kappa shape index (κ2) is 7.41. The van der Waals surface area contributed by atoms with Gasteiger partial charge in [0.15, 0.2) is 5.82 Å². The highest BCUT2D eigenvalue weighted by atomic mass is 35.5. The summed E-state index contributed by atoms with van der Waals surface area (Å²) in [7, 11) is 2.16. The Kier molecular flexibility index (Phi) is 4.93. The molecule has 1 spiro atoms. The molecular formula is C22H25ClN6OS. The summed E-state index contributed by atoms with van der Waals surface area (Å²) in [6.45, 7) is 4.63. The van der Waals surface area contributed by atoms with Crippen LogP contribution in [0.25, 0.3) is 0 Å². The predicted molar refractivity (Wildman–Crippen MR) is 124 cm³/mol. The van der Waals surface area contributed by atoms with Gasteiger partial charge in [0.1, 0.15) is 15.6 Å². The zero-order valence-corrected chi connectivity index (χ0v) is 19.1. The molecule has 2 aliphatic rings. The quantitative estimate of drug-likeness (QED) is 0.622. The van der Waals surface area contributed by atoms with Crippen molar-refractivity contribution in [1.82, 2.24) is 19.9 Å². The molecule has 0 aliphatic carbocycles. The zero-order chi connectivity index (χ0) is 21.8. The number of hydrogen-bond acceptors (Lipinski definition) is 8. The Morgan fingerprint density at radius 1 is 1.26 bits per heavy atom. The third-order valence-electron chi connectivity index (χ3n) is 6.68. The lowest BCUT2D eigenvalue weighted by Gasteiger charge is -2.38. The van der Waals surface area contributed by atoms with E-state index in [1.54, 1.807) is 19.3 Å². The van der Waals surface area contributed by atoms with Crippen molar-refractivity contribution in [2.75, 3.05) is 37.3 Å². The number of hydrogen-bond donors (Lipinski definition) is 2. The summed E-state index contributed by atoms with van der Waals surface area (Å²) >= 11 is 7.96. The van der Waals surface area contributed by atoms with Crippen molar-refractivity contribution in [2.24, 2.45) is 0 Å². The third-order valence-corrected chi connectivity index (χ3v) is 7.93. The first-order chi connectivity index (χ1) is 14.8. The van der Waals surface area contributed by atoms with Gasteiger partial charge in [-0.15, -0.1) is 11.3 Å². The SMILES string of the molecule is CN1CCC2(CC1)CN(c1nc(N)ncc1Cl)c1cc(C(C)(O)c3nccs3)ccc12. The number of fused-ring (bicyclic) bond motifs is 2. The van der Waals surface area contributed by atoms with Crippen LogP contribution in [0.4, 0.5) is 17.5 Å². The van der Waals surface area contributed by atoms with E-state index in [0.29, 0.717) is 15.8 Å². The average molecular weight is 457 g/mol. The van der Waals surface area contributed by atoms with E-state index in [4.69, 9.17) is 17.3 Å². The van der Waals surface area contributed by atoms with Gasteiger partial charge >= 0.3 is 0 Å². The van der Waals surface area contributed by atoms with Crippen molar-refractivity contribution >= 4 is 40.4 Å². The lowest BCUT2D eigenvalue weighted by Crippen LogP contribution is -2.43. The number of anilines is 3. The zero-order valence-electron chi connectivity index (χ0n) is 17.5. The Morgan fingerprint density at radius 2 is 2.03 bits per heavy atom. The second-order valence-electron chi connectivity index (χ2n) is 8.71. The Labute approximate surface area is 190 Å². The van der Waals surface area contributed by atoms with Gasteiger partial charge in [0.05, 0.1) is 6.20 Å². The van der Waals surface area contributed by atoms with Gasteiger partial charge in [-0.1, -0.05) is 23.7 Å². The molecule has 1 fully saturated rings. The van der Waals surface area contributed by atoms with Gasteiger partial charge in [0, 0.05) is 29.2 Å². The average Bonchev–Trinajstić information content (AvgIpc) is 3.40. The van der Waals surface area contributed by atoms with Crippen LogP contribution in [-0.4, -0.2) is 51.6 Å². The number of thiazole rings is 1. The van der Waals surface area contributed by atoms with Gasteiger partial charge in [0.2, 0.25) is 5.95 Å². The number of benzene rings is 1. The minimum atomic E-state index is -1.19. The molecule has 31 heavy (non-hydrogen) atoms. The van der Waals surface area contributed by atoms with E-state index >= 15 is 0 Å². The van der Waals surface area contributed by atoms with E-state index in [9.17, 15) is 5.11 Å². The monoisotopic (exact) mass is 456 g/mol. The molecule has 1 unspecified atom stereocenters. The molecule has 1 atom stereocenters. The summed E-state index contributed by atoms with van der Waals surface area (Å²) in [6.07, 6.45) is 5.36. The molecule has 5 rings (SSSR count). The first-order valence-electron chi connectivity index (χ1n) is 10.3. The molecule has 0 bridgehead atoms. The van der Waals surface area contributed by atoms with Crippen molar-refractivity contribution in [3.63, 3.8) is 0 Å². The minimum absolute atomic E-state index is 0.0104. The normalized spacial score (nSPS) is 20.1. The van der Waals surface area contributed by atoms with E-state index < -0.39 is 5.60 Å². The maximum absolute atomic E-state index is 11.3. The topological polar surface area (TPSA) is 91.4 Å². The summed E-state index contributed by atoms with van der Waals surface area (Å²) < 4.78 is 0. The van der Waals surface area contributed by atoms with Crippen LogP contribution in [0, 0.1) is 0 Å². The fourth-order valence-electron chi connectivity index (χ4n) is 4.79. The van der Waals surface area contributed by atoms with Gasteiger partial charge in [0.25, 0.3) is 0 Å². The predicted octanol–water partition coefficient (Wildman–Crippen LogP) is 3.54. The highest BCUT2D eigenvalue weighted by Gasteiger charge is 2.46. The molecule has 1 saturated heterocycles. The molecule has 0 saturated carbocycles. The van der Waals surface area contributed by atoms with Crippen molar-refractivity contribution < 1.29 is 5.11 Å². The van der Waals surface area contributed by atoms with Crippen LogP contribution in [0.15, 0.2) is 36.0 Å². The highest BCUT2D eigenvalue weighted by molar-refractivity contribution is 7.09. The molecule has 9 heteroatoms. The molecule has 1 aromatic carbocycles. The first-order valence-corrected chi connectivity index (χ1v) is 11.6. The number of rotatable bonds is 3. The summed E-state index contributed by atoms with van der Waals surface area (Å²) in [5.74, 6) is 0.800. The molecule has 2 aliphatic heterocycles. The van der Waals surface area contributed by atoms with Gasteiger partial charge in [-0.05, 0) is 57.1 Å². The van der Waals surface area contributed by atoms with E-state index in [2.05, 4.69) is 43.9 Å². The van der Waals surface area contributed by atoms with Crippen molar-refractivity contribution in [3.05, 3.63) is 57.1 Å². The maximum Gasteiger partial charge on any atom is 0.222 e. The van der Waals surface area contributed by atoms with Gasteiger partial charge < -0.3 is 20.6 Å². The Morgan fingerprint density at radius 3 is 2.74 bits per heavy atom. The van der Waals surface area contributed by atoms with E-state index in [-0.39, 0.29) is 11.4 Å². The van der Waals surface area contributed by atoms with E-state index in [1.165, 1.54) is 16.9 Å². The number of nitrogens with zero attached hydrogens (tertiary/aromatic N) is 5. The molecule has 2 aromatic heterocycles. The Balaban J connectivity index is 1.65. The highest BCUT2D eigenvalue weighted by Crippen LogP contribution is 2.51. The Hall–Kier alpha value is -2.26. The van der Waals surface area contributed by atoms with Crippen LogP contribution < -0.4 is 10.6 Å². The number of aliphatic hydroxyl groups is 1.